The topological polar surface area (TPSA) is 43.8 Å². The average Bonchev–Trinajstić information content (AvgIpc) is 2.75. The van der Waals surface area contributed by atoms with Crippen LogP contribution in [-0.2, 0) is 6.54 Å². The molecule has 4 heteroatoms. The molecule has 1 aliphatic rings. The zero-order chi connectivity index (χ0) is 9.97. The smallest absolute Gasteiger partial charge is 0.0948 e. The summed E-state index contributed by atoms with van der Waals surface area (Å²) >= 11 is 2.05. The third kappa shape index (κ3) is 2.12. The van der Waals surface area contributed by atoms with Gasteiger partial charge in [0.1, 0.15) is 0 Å². The highest BCUT2D eigenvalue weighted by molar-refractivity contribution is 7.99. The Labute approximate surface area is 89.1 Å². The number of rotatable bonds is 3. The number of nitrogens with zero attached hydrogens (tertiary/aromatic N) is 2. The molecule has 2 N–H and O–H groups in total. The van der Waals surface area contributed by atoms with Crippen molar-refractivity contribution in [1.29, 1.82) is 0 Å². The minimum Gasteiger partial charge on any atom is -0.333 e. The molecule has 0 saturated carbocycles. The number of thioether (sulfide) groups is 1. The number of hydrogen-bond acceptors (Lipinski definition) is 3. The van der Waals surface area contributed by atoms with E-state index in [2.05, 4.69) is 21.3 Å². The van der Waals surface area contributed by atoms with Crippen LogP contribution in [0.2, 0.25) is 0 Å². The minimum atomic E-state index is 0.0894. The van der Waals surface area contributed by atoms with Crippen molar-refractivity contribution < 1.29 is 0 Å². The highest BCUT2D eigenvalue weighted by atomic mass is 32.2. The Kier molecular flexibility index (Phi) is 3.13. The Morgan fingerprint density at radius 3 is 3.29 bits per heavy atom. The summed E-state index contributed by atoms with van der Waals surface area (Å²) in [5, 5.41) is 0. The zero-order valence-corrected chi connectivity index (χ0v) is 9.33. The van der Waals surface area contributed by atoms with Gasteiger partial charge in [0, 0.05) is 18.8 Å². The van der Waals surface area contributed by atoms with Crippen LogP contribution in [-0.4, -0.2) is 21.1 Å². The predicted molar refractivity (Wildman–Crippen MR) is 60.3 cm³/mol. The molecule has 1 aliphatic heterocycles. The van der Waals surface area contributed by atoms with Gasteiger partial charge in [0.2, 0.25) is 0 Å². The SMILES string of the molecule is C[C@H](N)c1cncn1CC1CCSC1. The Morgan fingerprint density at radius 2 is 2.64 bits per heavy atom. The molecule has 1 unspecified atom stereocenters. The molecular weight excluding hydrogens is 194 g/mol. The van der Waals surface area contributed by atoms with E-state index in [4.69, 9.17) is 5.73 Å². The molecule has 2 rings (SSSR count). The van der Waals surface area contributed by atoms with Gasteiger partial charge in [-0.1, -0.05) is 0 Å². The lowest BCUT2D eigenvalue weighted by Gasteiger charge is -2.14. The van der Waals surface area contributed by atoms with Crippen molar-refractivity contribution in [2.45, 2.75) is 25.9 Å². The fourth-order valence-corrected chi connectivity index (χ4v) is 3.14. The highest BCUT2D eigenvalue weighted by Crippen LogP contribution is 2.25. The molecule has 1 saturated heterocycles. The van der Waals surface area contributed by atoms with Gasteiger partial charge in [0.05, 0.1) is 12.0 Å². The van der Waals surface area contributed by atoms with Crippen molar-refractivity contribution in [3.63, 3.8) is 0 Å². The number of nitrogens with two attached hydrogens (primary N) is 1. The summed E-state index contributed by atoms with van der Waals surface area (Å²) in [5.74, 6) is 3.41. The summed E-state index contributed by atoms with van der Waals surface area (Å²) in [4.78, 5) is 4.16. The van der Waals surface area contributed by atoms with Gasteiger partial charge < -0.3 is 10.3 Å². The molecule has 1 aromatic rings. The van der Waals surface area contributed by atoms with Gasteiger partial charge in [0.25, 0.3) is 0 Å². The van der Waals surface area contributed by atoms with E-state index < -0.39 is 0 Å². The van der Waals surface area contributed by atoms with Crippen LogP contribution in [0.5, 0.6) is 0 Å². The molecule has 1 fully saturated rings. The maximum Gasteiger partial charge on any atom is 0.0948 e. The summed E-state index contributed by atoms with van der Waals surface area (Å²) < 4.78 is 2.21. The normalized spacial score (nSPS) is 24.0. The molecule has 14 heavy (non-hydrogen) atoms. The summed E-state index contributed by atoms with van der Waals surface area (Å²) in [6, 6.07) is 0.0894. The lowest BCUT2D eigenvalue weighted by atomic mass is 10.1. The first-order valence-corrected chi connectivity index (χ1v) is 6.26. The van der Waals surface area contributed by atoms with Gasteiger partial charge in [-0.25, -0.2) is 4.98 Å². The number of hydrogen-bond donors (Lipinski definition) is 1. The average molecular weight is 211 g/mol. The van der Waals surface area contributed by atoms with E-state index in [-0.39, 0.29) is 6.04 Å². The van der Waals surface area contributed by atoms with Crippen LogP contribution in [0.4, 0.5) is 0 Å². The monoisotopic (exact) mass is 211 g/mol. The van der Waals surface area contributed by atoms with Crippen molar-refractivity contribution in [2.75, 3.05) is 11.5 Å². The lowest BCUT2D eigenvalue weighted by molar-refractivity contribution is 0.474. The first-order chi connectivity index (χ1) is 6.77. The van der Waals surface area contributed by atoms with Crippen LogP contribution < -0.4 is 5.73 Å². The van der Waals surface area contributed by atoms with Gasteiger partial charge in [-0.15, -0.1) is 0 Å². The minimum absolute atomic E-state index is 0.0894. The van der Waals surface area contributed by atoms with E-state index in [1.54, 1.807) is 0 Å². The maximum atomic E-state index is 5.87. The quantitative estimate of drug-likeness (QED) is 0.827. The van der Waals surface area contributed by atoms with Crippen molar-refractivity contribution in [3.8, 4) is 0 Å². The van der Waals surface area contributed by atoms with Crippen LogP contribution in [0.3, 0.4) is 0 Å². The van der Waals surface area contributed by atoms with Crippen molar-refractivity contribution in [1.82, 2.24) is 9.55 Å². The molecule has 0 radical (unpaired) electrons. The van der Waals surface area contributed by atoms with Crippen LogP contribution in [0.25, 0.3) is 0 Å². The largest absolute Gasteiger partial charge is 0.333 e. The highest BCUT2D eigenvalue weighted by Gasteiger charge is 2.17. The second-order valence-corrected chi connectivity index (χ2v) is 5.14. The number of imidazole rings is 1. The molecule has 0 aromatic carbocycles. The number of aromatic nitrogens is 2. The van der Waals surface area contributed by atoms with Gasteiger partial charge in [-0.2, -0.15) is 11.8 Å². The molecule has 0 bridgehead atoms. The molecule has 2 atom stereocenters. The van der Waals surface area contributed by atoms with E-state index in [0.717, 1.165) is 18.2 Å². The van der Waals surface area contributed by atoms with Gasteiger partial charge in [-0.05, 0) is 30.8 Å². The van der Waals surface area contributed by atoms with E-state index in [1.165, 1.54) is 17.9 Å². The van der Waals surface area contributed by atoms with E-state index in [1.807, 2.05) is 19.4 Å². The third-order valence-electron chi connectivity index (χ3n) is 2.69. The van der Waals surface area contributed by atoms with Crippen molar-refractivity contribution >= 4 is 11.8 Å². The van der Waals surface area contributed by atoms with Crippen LogP contribution >= 0.6 is 11.8 Å². The second-order valence-electron chi connectivity index (χ2n) is 3.99. The van der Waals surface area contributed by atoms with Crippen LogP contribution in [0, 0.1) is 5.92 Å². The second kappa shape index (κ2) is 4.36. The molecule has 2 heterocycles. The first kappa shape index (κ1) is 10.1. The van der Waals surface area contributed by atoms with E-state index >= 15 is 0 Å². The summed E-state index contributed by atoms with van der Waals surface area (Å²) in [6.07, 6.45) is 5.12. The Balaban J connectivity index is 2.04. The zero-order valence-electron chi connectivity index (χ0n) is 8.52. The molecule has 3 nitrogen and oxygen atoms in total. The van der Waals surface area contributed by atoms with Crippen LogP contribution in [0.15, 0.2) is 12.5 Å². The van der Waals surface area contributed by atoms with Crippen molar-refractivity contribution in [3.05, 3.63) is 18.2 Å². The van der Waals surface area contributed by atoms with Gasteiger partial charge in [0.15, 0.2) is 0 Å². The van der Waals surface area contributed by atoms with Crippen molar-refractivity contribution in [2.24, 2.45) is 11.7 Å². The molecule has 0 aliphatic carbocycles. The Bertz CT molecular complexity index is 289. The fourth-order valence-electron chi connectivity index (χ4n) is 1.87. The molecular formula is C10H17N3S. The van der Waals surface area contributed by atoms with E-state index in [9.17, 15) is 0 Å². The van der Waals surface area contributed by atoms with E-state index in [0.29, 0.717) is 0 Å². The molecule has 0 spiro atoms. The molecule has 0 amide bonds. The third-order valence-corrected chi connectivity index (χ3v) is 3.92. The summed E-state index contributed by atoms with van der Waals surface area (Å²) in [6.45, 7) is 3.10. The maximum absolute atomic E-state index is 5.87. The first-order valence-electron chi connectivity index (χ1n) is 5.10. The molecule has 78 valence electrons. The fraction of sp³-hybridized carbons (Fsp3) is 0.700. The Hall–Kier alpha value is -0.480. The van der Waals surface area contributed by atoms with Gasteiger partial charge >= 0.3 is 0 Å². The summed E-state index contributed by atoms with van der Waals surface area (Å²) in [7, 11) is 0. The van der Waals surface area contributed by atoms with Gasteiger partial charge in [-0.3, -0.25) is 0 Å². The molecule has 1 aromatic heterocycles. The Morgan fingerprint density at radius 1 is 1.79 bits per heavy atom. The summed E-state index contributed by atoms with van der Waals surface area (Å²) in [5.41, 5.74) is 7.02. The lowest BCUT2D eigenvalue weighted by Crippen LogP contribution is -2.16. The standard InChI is InChI=1S/C10H17N3S/c1-8(11)10-4-12-7-13(10)5-9-2-3-14-6-9/h4,7-9H,2-3,5-6,11H2,1H3/t8-,9?/m0/s1. The van der Waals surface area contributed by atoms with Crippen LogP contribution in [0.1, 0.15) is 25.1 Å². The predicted octanol–water partition coefficient (Wildman–Crippen LogP) is 1.66.